The molecule has 0 radical (unpaired) electrons. The SMILES string of the molecule is CCCCCCCCC(Nc1ccc(C(=O)NC(CCC(=O)O)C(=O)O)cc1)c1cnc2nc(N)[nH]c(=O)c2n1. The Kier molecular flexibility index (Phi) is 10.9. The Hall–Kier alpha value is -4.55. The second-order valence-corrected chi connectivity index (χ2v) is 9.55. The summed E-state index contributed by atoms with van der Waals surface area (Å²) in [7, 11) is 0. The summed E-state index contributed by atoms with van der Waals surface area (Å²) in [5.74, 6) is -3.12. The van der Waals surface area contributed by atoms with Gasteiger partial charge in [0.1, 0.15) is 6.04 Å². The highest BCUT2D eigenvalue weighted by Gasteiger charge is 2.22. The lowest BCUT2D eigenvalue weighted by molar-refractivity contribution is -0.140. The predicted molar refractivity (Wildman–Crippen MR) is 149 cm³/mol. The van der Waals surface area contributed by atoms with Crippen LogP contribution >= 0.6 is 0 Å². The van der Waals surface area contributed by atoms with E-state index in [-0.39, 0.29) is 41.6 Å². The molecule has 0 saturated heterocycles. The van der Waals surface area contributed by atoms with E-state index in [0.29, 0.717) is 11.4 Å². The number of nitrogens with one attached hydrogen (secondary N) is 3. The van der Waals surface area contributed by atoms with Crippen molar-refractivity contribution in [2.45, 2.75) is 76.8 Å². The molecule has 2 unspecified atom stereocenters. The molecule has 214 valence electrons. The number of fused-ring (bicyclic) bond motifs is 1. The van der Waals surface area contributed by atoms with Gasteiger partial charge in [-0.15, -0.1) is 0 Å². The number of rotatable bonds is 16. The summed E-state index contributed by atoms with van der Waals surface area (Å²) in [6, 6.07) is 4.84. The molecule has 0 saturated carbocycles. The van der Waals surface area contributed by atoms with Crippen molar-refractivity contribution in [1.82, 2.24) is 25.3 Å². The van der Waals surface area contributed by atoms with Crippen LogP contribution in [0, 0.1) is 0 Å². The predicted octanol–water partition coefficient (Wildman–Crippen LogP) is 3.25. The van der Waals surface area contributed by atoms with Gasteiger partial charge in [0, 0.05) is 17.7 Å². The van der Waals surface area contributed by atoms with E-state index in [4.69, 9.17) is 10.8 Å². The number of hydrogen-bond donors (Lipinski definition) is 6. The number of aromatic amines is 1. The van der Waals surface area contributed by atoms with Crippen LogP contribution in [0.2, 0.25) is 0 Å². The summed E-state index contributed by atoms with van der Waals surface area (Å²) in [6.07, 6.45) is 8.30. The fourth-order valence-electron chi connectivity index (χ4n) is 4.22. The van der Waals surface area contributed by atoms with E-state index >= 15 is 0 Å². The lowest BCUT2D eigenvalue weighted by Gasteiger charge is -2.20. The summed E-state index contributed by atoms with van der Waals surface area (Å²) in [5.41, 5.74) is 6.84. The molecule has 0 aliphatic carbocycles. The van der Waals surface area contributed by atoms with Gasteiger partial charge in [0.25, 0.3) is 11.5 Å². The van der Waals surface area contributed by atoms with Crippen molar-refractivity contribution in [2.24, 2.45) is 0 Å². The van der Waals surface area contributed by atoms with Gasteiger partial charge in [0.05, 0.1) is 17.9 Å². The van der Waals surface area contributed by atoms with Gasteiger partial charge in [0.2, 0.25) is 5.95 Å². The maximum atomic E-state index is 12.6. The molecule has 2 aromatic heterocycles. The number of carboxylic acid groups (broad SMARTS) is 2. The number of anilines is 2. The molecular formula is C27H35N7O6. The van der Waals surface area contributed by atoms with Gasteiger partial charge in [-0.25, -0.2) is 14.8 Å². The highest BCUT2D eigenvalue weighted by Crippen LogP contribution is 2.25. The first-order valence-electron chi connectivity index (χ1n) is 13.3. The molecule has 1 aromatic carbocycles. The van der Waals surface area contributed by atoms with E-state index in [0.717, 1.165) is 32.1 Å². The Balaban J connectivity index is 1.75. The zero-order chi connectivity index (χ0) is 29.1. The van der Waals surface area contributed by atoms with E-state index in [1.807, 2.05) is 0 Å². The van der Waals surface area contributed by atoms with Gasteiger partial charge in [-0.2, -0.15) is 4.98 Å². The third-order valence-corrected chi connectivity index (χ3v) is 6.40. The van der Waals surface area contributed by atoms with Crippen LogP contribution in [-0.2, 0) is 9.59 Å². The van der Waals surface area contributed by atoms with Crippen molar-refractivity contribution in [3.8, 4) is 0 Å². The number of H-pyrrole nitrogens is 1. The molecule has 40 heavy (non-hydrogen) atoms. The normalized spacial score (nSPS) is 12.5. The zero-order valence-corrected chi connectivity index (χ0v) is 22.4. The molecule has 3 rings (SSSR count). The number of nitrogens with zero attached hydrogens (tertiary/aromatic N) is 3. The standard InChI is InChI=1S/C27H35N7O6/c1-2-3-4-5-6-7-8-18(20-15-29-23-22(31-20)25(38)34-27(28)33-23)30-17-11-9-16(10-12-17)24(37)32-19(26(39)40)13-14-21(35)36/h9-12,15,18-19,30H,2-8,13-14H2,1H3,(H,32,37)(H,35,36)(H,39,40)(H3,28,29,33,34,38). The van der Waals surface area contributed by atoms with E-state index in [1.165, 1.54) is 12.8 Å². The Morgan fingerprint density at radius 1 is 1.00 bits per heavy atom. The van der Waals surface area contributed by atoms with Crippen LogP contribution in [0.25, 0.3) is 11.2 Å². The molecule has 0 bridgehead atoms. The second kappa shape index (κ2) is 14.6. The molecule has 2 heterocycles. The molecule has 3 aromatic rings. The van der Waals surface area contributed by atoms with Crippen LogP contribution < -0.4 is 21.9 Å². The fourth-order valence-corrected chi connectivity index (χ4v) is 4.22. The number of unbranched alkanes of at least 4 members (excludes halogenated alkanes) is 5. The lowest BCUT2D eigenvalue weighted by Crippen LogP contribution is -2.41. The number of nitrogens with two attached hydrogens (primary N) is 1. The largest absolute Gasteiger partial charge is 0.481 e. The molecule has 2 atom stereocenters. The van der Waals surface area contributed by atoms with Crippen LogP contribution in [0.5, 0.6) is 0 Å². The summed E-state index contributed by atoms with van der Waals surface area (Å²) in [6.45, 7) is 2.17. The van der Waals surface area contributed by atoms with Crippen LogP contribution in [0.4, 0.5) is 11.6 Å². The molecule has 0 aliphatic heterocycles. The Morgan fingerprint density at radius 2 is 1.70 bits per heavy atom. The molecule has 7 N–H and O–H groups in total. The zero-order valence-electron chi connectivity index (χ0n) is 22.4. The molecule has 1 amide bonds. The van der Waals surface area contributed by atoms with Crippen LogP contribution in [0.15, 0.2) is 35.3 Å². The summed E-state index contributed by atoms with van der Waals surface area (Å²) < 4.78 is 0. The fraction of sp³-hybridized carbons (Fsp3) is 0.444. The average Bonchev–Trinajstić information content (AvgIpc) is 2.92. The third-order valence-electron chi connectivity index (χ3n) is 6.40. The van der Waals surface area contributed by atoms with Crippen molar-refractivity contribution in [1.29, 1.82) is 0 Å². The monoisotopic (exact) mass is 553 g/mol. The van der Waals surface area contributed by atoms with Crippen molar-refractivity contribution in [3.05, 3.63) is 52.1 Å². The molecule has 13 nitrogen and oxygen atoms in total. The first-order chi connectivity index (χ1) is 19.2. The topological polar surface area (TPSA) is 213 Å². The second-order valence-electron chi connectivity index (χ2n) is 9.55. The quantitative estimate of drug-likeness (QED) is 0.142. The van der Waals surface area contributed by atoms with Crippen molar-refractivity contribution in [3.63, 3.8) is 0 Å². The summed E-state index contributed by atoms with van der Waals surface area (Å²) in [5, 5.41) is 23.9. The third kappa shape index (κ3) is 8.75. The van der Waals surface area contributed by atoms with Gasteiger partial charge in [0.15, 0.2) is 11.2 Å². The summed E-state index contributed by atoms with van der Waals surface area (Å²) in [4.78, 5) is 62.4. The van der Waals surface area contributed by atoms with Gasteiger partial charge in [-0.1, -0.05) is 45.4 Å². The van der Waals surface area contributed by atoms with Gasteiger partial charge in [-0.05, 0) is 37.1 Å². The van der Waals surface area contributed by atoms with E-state index < -0.39 is 29.4 Å². The van der Waals surface area contributed by atoms with Crippen LogP contribution in [0.3, 0.4) is 0 Å². The lowest BCUT2D eigenvalue weighted by atomic mass is 10.0. The highest BCUT2D eigenvalue weighted by atomic mass is 16.4. The smallest absolute Gasteiger partial charge is 0.326 e. The Bertz CT molecular complexity index is 1380. The number of amides is 1. The Morgan fingerprint density at radius 3 is 2.38 bits per heavy atom. The minimum Gasteiger partial charge on any atom is -0.481 e. The average molecular weight is 554 g/mol. The molecular weight excluding hydrogens is 518 g/mol. The van der Waals surface area contributed by atoms with E-state index in [9.17, 15) is 24.3 Å². The number of carbonyl (C=O) groups is 3. The number of nitrogen functional groups attached to an aromatic ring is 1. The number of carboxylic acids is 2. The Labute approximate surface area is 230 Å². The minimum absolute atomic E-state index is 0.0398. The highest BCUT2D eigenvalue weighted by molar-refractivity contribution is 5.97. The molecule has 0 aliphatic rings. The number of carbonyl (C=O) groups excluding carboxylic acids is 1. The van der Waals surface area contributed by atoms with Crippen molar-refractivity contribution in [2.75, 3.05) is 11.1 Å². The molecule has 0 spiro atoms. The van der Waals surface area contributed by atoms with Gasteiger partial charge >= 0.3 is 11.9 Å². The number of benzene rings is 1. The number of hydrogen-bond acceptors (Lipinski definition) is 9. The number of aliphatic carboxylic acids is 2. The van der Waals surface area contributed by atoms with Gasteiger partial charge in [-0.3, -0.25) is 19.4 Å². The maximum Gasteiger partial charge on any atom is 0.326 e. The maximum absolute atomic E-state index is 12.6. The summed E-state index contributed by atoms with van der Waals surface area (Å²) >= 11 is 0. The molecule has 13 heteroatoms. The first kappa shape index (κ1) is 30.0. The van der Waals surface area contributed by atoms with E-state index in [2.05, 4.69) is 37.5 Å². The first-order valence-corrected chi connectivity index (χ1v) is 13.3. The van der Waals surface area contributed by atoms with Crippen molar-refractivity contribution >= 4 is 40.6 Å². The minimum atomic E-state index is -1.32. The van der Waals surface area contributed by atoms with Crippen molar-refractivity contribution < 1.29 is 24.6 Å². The number of aromatic nitrogens is 4. The van der Waals surface area contributed by atoms with Crippen LogP contribution in [-0.4, -0.2) is 54.0 Å². The van der Waals surface area contributed by atoms with Crippen LogP contribution in [0.1, 0.15) is 86.8 Å². The molecule has 0 fully saturated rings. The van der Waals surface area contributed by atoms with E-state index in [1.54, 1.807) is 30.5 Å². The van der Waals surface area contributed by atoms with Gasteiger partial charge < -0.3 is 26.6 Å².